The number of ether oxygens (including phenoxy) is 1. The zero-order valence-electron chi connectivity index (χ0n) is 12.1. The van der Waals surface area contributed by atoms with Gasteiger partial charge in [-0.05, 0) is 34.1 Å². The van der Waals surface area contributed by atoms with Gasteiger partial charge in [0.05, 0.1) is 11.1 Å². The van der Waals surface area contributed by atoms with E-state index in [1.54, 1.807) is 6.07 Å². The van der Waals surface area contributed by atoms with Gasteiger partial charge in [0.15, 0.2) is 0 Å². The quantitative estimate of drug-likeness (QED) is 0.437. The van der Waals surface area contributed by atoms with Gasteiger partial charge in [-0.3, -0.25) is 0 Å². The van der Waals surface area contributed by atoms with Crippen molar-refractivity contribution in [2.45, 2.75) is 32.2 Å². The van der Waals surface area contributed by atoms with Crippen molar-refractivity contribution in [3.63, 3.8) is 0 Å². The van der Waals surface area contributed by atoms with Gasteiger partial charge in [0.2, 0.25) is 5.95 Å². The Morgan fingerprint density at radius 1 is 1.35 bits per heavy atom. The minimum Gasteiger partial charge on any atom is -0.380 e. The molecule has 0 atom stereocenters. The molecule has 0 aliphatic heterocycles. The summed E-state index contributed by atoms with van der Waals surface area (Å²) in [6.45, 7) is 9.14. The summed E-state index contributed by atoms with van der Waals surface area (Å²) in [4.78, 5) is 3.97. The molecule has 2 rings (SSSR count). The van der Waals surface area contributed by atoms with Crippen LogP contribution in [0.3, 0.4) is 0 Å². The second-order valence-corrected chi connectivity index (χ2v) is 12.6. The van der Waals surface area contributed by atoms with E-state index in [4.69, 9.17) is 4.74 Å². The molecule has 2 aromatic heterocycles. The normalized spacial score (nSPS) is 12.2. The first-order valence-electron chi connectivity index (χ1n) is 6.75. The van der Waals surface area contributed by atoms with E-state index in [2.05, 4.69) is 40.6 Å². The molecule has 0 saturated carbocycles. The number of rotatable bonds is 6. The maximum atomic E-state index is 13.5. The van der Waals surface area contributed by atoms with E-state index < -0.39 is 14.0 Å². The molecule has 110 valence electrons. The first-order chi connectivity index (χ1) is 9.37. The van der Waals surface area contributed by atoms with Crippen LogP contribution in [0.4, 0.5) is 4.39 Å². The van der Waals surface area contributed by atoms with E-state index in [0.29, 0.717) is 23.3 Å². The smallest absolute Gasteiger partial charge is 0.229 e. The van der Waals surface area contributed by atoms with Crippen LogP contribution < -0.4 is 0 Å². The summed E-state index contributed by atoms with van der Waals surface area (Å²) in [6.07, 6.45) is 1.92. The zero-order valence-corrected chi connectivity index (χ0v) is 14.7. The largest absolute Gasteiger partial charge is 0.380 e. The van der Waals surface area contributed by atoms with E-state index in [0.717, 1.165) is 12.0 Å². The number of hydrogen-bond acceptors (Lipinski definition) is 2. The second kappa shape index (κ2) is 6.36. The molecule has 2 heterocycles. The lowest BCUT2D eigenvalue weighted by Gasteiger charge is -2.15. The van der Waals surface area contributed by atoms with Crippen molar-refractivity contribution >= 4 is 35.0 Å². The highest BCUT2D eigenvalue weighted by Crippen LogP contribution is 2.21. The van der Waals surface area contributed by atoms with E-state index >= 15 is 0 Å². The van der Waals surface area contributed by atoms with Crippen LogP contribution in [-0.2, 0) is 11.3 Å². The van der Waals surface area contributed by atoms with Gasteiger partial charge >= 0.3 is 0 Å². The minimum absolute atomic E-state index is 0.397. The third kappa shape index (κ3) is 4.13. The molecular weight excluding hydrogens is 339 g/mol. The van der Waals surface area contributed by atoms with Crippen molar-refractivity contribution in [3.8, 4) is 0 Å². The van der Waals surface area contributed by atoms with E-state index in [1.807, 2.05) is 16.8 Å². The lowest BCUT2D eigenvalue weighted by Crippen LogP contribution is -2.22. The van der Waals surface area contributed by atoms with Gasteiger partial charge in [0.25, 0.3) is 0 Å². The molecule has 0 aliphatic carbocycles. The summed E-state index contributed by atoms with van der Waals surface area (Å²) >= 11 is 3.15. The topological polar surface area (TPSA) is 27.1 Å². The summed E-state index contributed by atoms with van der Waals surface area (Å²) in [7, 11) is -1.03. The predicted octanol–water partition coefficient (Wildman–Crippen LogP) is 4.29. The van der Waals surface area contributed by atoms with Gasteiger partial charge in [-0.1, -0.05) is 19.6 Å². The Morgan fingerprint density at radius 3 is 2.80 bits per heavy atom. The minimum atomic E-state index is -1.03. The van der Waals surface area contributed by atoms with Crippen molar-refractivity contribution in [2.75, 3.05) is 13.2 Å². The Balaban J connectivity index is 1.92. The zero-order chi connectivity index (χ0) is 14.8. The fraction of sp³-hybridized carbons (Fsp3) is 0.500. The van der Waals surface area contributed by atoms with Crippen molar-refractivity contribution in [1.29, 1.82) is 0 Å². The average Bonchev–Trinajstić information content (AvgIpc) is 2.71. The molecule has 0 radical (unpaired) electrons. The van der Waals surface area contributed by atoms with Crippen LogP contribution in [0.15, 0.2) is 22.8 Å². The lowest BCUT2D eigenvalue weighted by atomic mass is 10.3. The fourth-order valence-corrected chi connectivity index (χ4v) is 2.98. The van der Waals surface area contributed by atoms with Crippen LogP contribution in [0.1, 0.15) is 0 Å². The second-order valence-electron chi connectivity index (χ2n) is 6.11. The molecule has 0 aromatic carbocycles. The molecule has 0 unspecified atom stereocenters. The highest BCUT2D eigenvalue weighted by molar-refractivity contribution is 9.10. The average molecular weight is 359 g/mol. The third-order valence-corrected chi connectivity index (χ3v) is 5.38. The number of halogens is 2. The third-order valence-electron chi connectivity index (χ3n) is 3.12. The predicted molar refractivity (Wildman–Crippen MR) is 86.4 cm³/mol. The van der Waals surface area contributed by atoms with E-state index in [-0.39, 0.29) is 0 Å². The number of nitrogens with zero attached hydrogens (tertiary/aromatic N) is 2. The maximum Gasteiger partial charge on any atom is 0.229 e. The maximum absolute atomic E-state index is 13.5. The van der Waals surface area contributed by atoms with Gasteiger partial charge in [0.1, 0.15) is 5.65 Å². The fourth-order valence-electron chi connectivity index (χ4n) is 1.89. The van der Waals surface area contributed by atoms with Gasteiger partial charge in [-0.25, -0.2) is 4.98 Å². The van der Waals surface area contributed by atoms with E-state index in [1.165, 1.54) is 6.04 Å². The van der Waals surface area contributed by atoms with Crippen LogP contribution in [0.5, 0.6) is 0 Å². The van der Waals surface area contributed by atoms with Crippen LogP contribution in [0, 0.1) is 5.95 Å². The highest BCUT2D eigenvalue weighted by atomic mass is 79.9. The molecule has 0 aliphatic rings. The molecule has 0 N–H and O–H groups in total. The highest BCUT2D eigenvalue weighted by Gasteiger charge is 2.12. The van der Waals surface area contributed by atoms with Crippen molar-refractivity contribution in [1.82, 2.24) is 9.55 Å². The van der Waals surface area contributed by atoms with Crippen LogP contribution in [0.25, 0.3) is 11.0 Å². The van der Waals surface area contributed by atoms with E-state index in [9.17, 15) is 4.39 Å². The molecule has 20 heavy (non-hydrogen) atoms. The Labute approximate surface area is 128 Å². The van der Waals surface area contributed by atoms with Crippen molar-refractivity contribution in [3.05, 3.63) is 28.7 Å². The Bertz CT molecular complexity index is 595. The summed E-state index contributed by atoms with van der Waals surface area (Å²) in [5, 5.41) is 0.931. The summed E-state index contributed by atoms with van der Waals surface area (Å²) in [6, 6.07) is 4.86. The molecule has 3 nitrogen and oxygen atoms in total. The van der Waals surface area contributed by atoms with Gasteiger partial charge in [-0.15, -0.1) is 0 Å². The van der Waals surface area contributed by atoms with Crippen LogP contribution in [-0.4, -0.2) is 30.8 Å². The van der Waals surface area contributed by atoms with Gasteiger partial charge in [0, 0.05) is 32.8 Å². The summed E-state index contributed by atoms with van der Waals surface area (Å²) in [5.74, 6) is -0.475. The Morgan fingerprint density at radius 2 is 2.10 bits per heavy atom. The molecule has 0 saturated heterocycles. The first kappa shape index (κ1) is 15.7. The van der Waals surface area contributed by atoms with Crippen LogP contribution >= 0.6 is 15.9 Å². The molecule has 0 amide bonds. The monoisotopic (exact) mass is 358 g/mol. The van der Waals surface area contributed by atoms with Crippen molar-refractivity contribution in [2.24, 2.45) is 0 Å². The lowest BCUT2D eigenvalue weighted by molar-refractivity contribution is 0.139. The first-order valence-corrected chi connectivity index (χ1v) is 11.3. The number of fused-ring (bicyclic) bond motifs is 1. The molecular formula is C14H20BrFN2OSi. The Hall–Kier alpha value is -0.723. The molecule has 0 fully saturated rings. The number of pyridine rings is 1. The molecule has 0 bridgehead atoms. The van der Waals surface area contributed by atoms with Crippen molar-refractivity contribution < 1.29 is 9.13 Å². The van der Waals surface area contributed by atoms with Gasteiger partial charge < -0.3 is 9.30 Å². The molecule has 0 spiro atoms. The molecule has 6 heteroatoms. The Kier molecular flexibility index (Phi) is 4.98. The standard InChI is InChI=1S/C14H20BrFN2OSi/c1-20(2,3)9-8-19-7-6-18-5-4-11-10-12(15)13(16)17-14(11)18/h4-5,10H,6-9H2,1-3H3. The number of aromatic nitrogens is 2. The summed E-state index contributed by atoms with van der Waals surface area (Å²) in [5.41, 5.74) is 0.666. The van der Waals surface area contributed by atoms with Gasteiger partial charge in [-0.2, -0.15) is 4.39 Å². The summed E-state index contributed by atoms with van der Waals surface area (Å²) < 4.78 is 21.5. The van der Waals surface area contributed by atoms with Crippen LogP contribution in [0.2, 0.25) is 25.7 Å². The SMILES string of the molecule is C[Si](C)(C)CCOCCn1ccc2cc(Br)c(F)nc21. The molecule has 2 aromatic rings. The number of hydrogen-bond donors (Lipinski definition) is 0.